The van der Waals surface area contributed by atoms with Gasteiger partial charge in [0.25, 0.3) is 0 Å². The molecule has 3 aromatic rings. The molecule has 5 rings (SSSR count). The molecule has 1 aromatic carbocycles. The molecule has 14 heteroatoms. The Kier molecular flexibility index (Phi) is 6.32. The van der Waals surface area contributed by atoms with E-state index >= 15 is 0 Å². The minimum Gasteiger partial charge on any atom is -0.494 e. The number of benzene rings is 1. The predicted octanol–water partition coefficient (Wildman–Crippen LogP) is 3.86. The third-order valence-electron chi connectivity index (χ3n) is 6.22. The van der Waals surface area contributed by atoms with Crippen LogP contribution in [0.2, 0.25) is 0 Å². The summed E-state index contributed by atoms with van der Waals surface area (Å²) in [6.07, 6.45) is -1.90. The number of methoxy groups -OCH3 is 1. The molecule has 10 nitrogen and oxygen atoms in total. The number of fused-ring (bicyclic) bond motifs is 1. The van der Waals surface area contributed by atoms with Gasteiger partial charge in [0.05, 0.1) is 35.2 Å². The highest BCUT2D eigenvalue weighted by atomic mass is 32.2. The zero-order chi connectivity index (χ0) is 25.5. The summed E-state index contributed by atoms with van der Waals surface area (Å²) in [6, 6.07) is 4.74. The van der Waals surface area contributed by atoms with Crippen molar-refractivity contribution < 1.29 is 31.1 Å². The maximum absolute atomic E-state index is 13.7. The fourth-order valence-electron chi connectivity index (χ4n) is 4.44. The molecule has 4 heterocycles. The van der Waals surface area contributed by atoms with Gasteiger partial charge in [-0.05, 0) is 31.4 Å². The van der Waals surface area contributed by atoms with Gasteiger partial charge in [0, 0.05) is 38.1 Å². The lowest BCUT2D eigenvalue weighted by Gasteiger charge is -2.24. The minimum absolute atomic E-state index is 0.0214. The molecular formula is C22H25F3N6O4S. The molecule has 0 bridgehead atoms. The van der Waals surface area contributed by atoms with Crippen LogP contribution in [0.1, 0.15) is 24.8 Å². The number of aromatic amines is 1. The van der Waals surface area contributed by atoms with Crippen molar-refractivity contribution in [2.24, 2.45) is 0 Å². The summed E-state index contributed by atoms with van der Waals surface area (Å²) in [4.78, 5) is 11.2. The summed E-state index contributed by atoms with van der Waals surface area (Å²) >= 11 is 0. The Balaban J connectivity index is 1.51. The van der Waals surface area contributed by atoms with E-state index in [2.05, 4.69) is 25.6 Å². The second-order valence-electron chi connectivity index (χ2n) is 8.60. The first-order valence-corrected chi connectivity index (χ1v) is 13.0. The zero-order valence-corrected chi connectivity index (χ0v) is 20.2. The lowest BCUT2D eigenvalue weighted by molar-refractivity contribution is -0.136. The van der Waals surface area contributed by atoms with E-state index < -0.39 is 21.8 Å². The number of hydrogen-bond acceptors (Lipinski definition) is 8. The topological polar surface area (TPSA) is 121 Å². The predicted molar refractivity (Wildman–Crippen MR) is 128 cm³/mol. The smallest absolute Gasteiger partial charge is 0.418 e. The van der Waals surface area contributed by atoms with Gasteiger partial charge in [0.15, 0.2) is 0 Å². The largest absolute Gasteiger partial charge is 0.494 e. The SMILES string of the molecule is COc1cc(N2CCCS2(=O)=O)ccc1Nc1nc(NC2CCOCC2)c2c(C(F)(F)F)c[nH]c2n1. The number of H-pyrrole nitrogens is 1. The molecule has 0 saturated carbocycles. The van der Waals surface area contributed by atoms with Crippen LogP contribution < -0.4 is 19.7 Å². The van der Waals surface area contributed by atoms with E-state index in [0.717, 1.165) is 6.20 Å². The average molecular weight is 527 g/mol. The second kappa shape index (κ2) is 9.32. The molecular weight excluding hydrogens is 501 g/mol. The molecule has 0 spiro atoms. The highest BCUT2D eigenvalue weighted by molar-refractivity contribution is 7.93. The summed E-state index contributed by atoms with van der Waals surface area (Å²) in [5, 5.41) is 6.00. The lowest BCUT2D eigenvalue weighted by atomic mass is 10.1. The van der Waals surface area contributed by atoms with Crippen molar-refractivity contribution in [1.82, 2.24) is 15.0 Å². The Morgan fingerprint density at radius 3 is 2.67 bits per heavy atom. The van der Waals surface area contributed by atoms with Gasteiger partial charge in [0.2, 0.25) is 16.0 Å². The molecule has 0 radical (unpaired) electrons. The maximum atomic E-state index is 13.7. The van der Waals surface area contributed by atoms with Gasteiger partial charge in [-0.25, -0.2) is 8.42 Å². The number of halogens is 3. The van der Waals surface area contributed by atoms with E-state index in [1.54, 1.807) is 18.2 Å². The first-order valence-electron chi connectivity index (χ1n) is 11.4. The van der Waals surface area contributed by atoms with Crippen LogP contribution in [-0.4, -0.2) is 62.0 Å². The van der Waals surface area contributed by atoms with Crippen molar-refractivity contribution in [2.45, 2.75) is 31.5 Å². The Hall–Kier alpha value is -3.26. The standard InChI is InChI=1S/C22H25F3N6O4S/c1-34-17-11-14(31-7-2-10-36(31,32)33)3-4-16(17)28-21-29-19-18(15(12-26-19)22(23,24)25)20(30-21)27-13-5-8-35-9-6-13/h3-4,11-13H,2,5-10H2,1H3,(H3,26,27,28,29,30). The summed E-state index contributed by atoms with van der Waals surface area (Å²) in [5.41, 5.74) is 0.0599. The number of alkyl halides is 3. The molecule has 3 N–H and O–H groups in total. The summed E-state index contributed by atoms with van der Waals surface area (Å²) < 4.78 is 77.7. The number of aromatic nitrogens is 3. The van der Waals surface area contributed by atoms with E-state index in [9.17, 15) is 21.6 Å². The van der Waals surface area contributed by atoms with E-state index in [4.69, 9.17) is 9.47 Å². The number of sulfonamides is 1. The minimum atomic E-state index is -4.59. The fraction of sp³-hybridized carbons (Fsp3) is 0.455. The van der Waals surface area contributed by atoms with Crippen molar-refractivity contribution in [2.75, 3.05) is 47.6 Å². The van der Waals surface area contributed by atoms with Crippen LogP contribution in [0.5, 0.6) is 5.75 Å². The molecule has 36 heavy (non-hydrogen) atoms. The van der Waals surface area contributed by atoms with Crippen LogP contribution in [0.25, 0.3) is 11.0 Å². The van der Waals surface area contributed by atoms with Crippen LogP contribution in [-0.2, 0) is 20.9 Å². The molecule has 2 aliphatic heterocycles. The average Bonchev–Trinajstić information content (AvgIpc) is 3.43. The van der Waals surface area contributed by atoms with Gasteiger partial charge < -0.3 is 25.1 Å². The fourth-order valence-corrected chi connectivity index (χ4v) is 6.00. The monoisotopic (exact) mass is 526 g/mol. The molecule has 0 atom stereocenters. The highest BCUT2D eigenvalue weighted by Gasteiger charge is 2.36. The number of rotatable bonds is 6. The molecule has 0 amide bonds. The summed E-state index contributed by atoms with van der Waals surface area (Å²) in [6.45, 7) is 1.40. The first kappa shape index (κ1) is 24.4. The van der Waals surface area contributed by atoms with Crippen LogP contribution >= 0.6 is 0 Å². The van der Waals surface area contributed by atoms with Gasteiger partial charge in [-0.2, -0.15) is 23.1 Å². The number of hydrogen-bond donors (Lipinski definition) is 3. The molecule has 2 saturated heterocycles. The molecule has 2 aromatic heterocycles. The van der Waals surface area contributed by atoms with Gasteiger partial charge in [0.1, 0.15) is 17.2 Å². The molecule has 2 aliphatic rings. The van der Waals surface area contributed by atoms with Crippen molar-refractivity contribution in [1.29, 1.82) is 0 Å². The van der Waals surface area contributed by atoms with Crippen LogP contribution in [0.4, 0.5) is 36.3 Å². The Labute approximate surface area is 205 Å². The first-order chi connectivity index (χ1) is 17.2. The Morgan fingerprint density at radius 2 is 2.00 bits per heavy atom. The third-order valence-corrected chi connectivity index (χ3v) is 8.09. The van der Waals surface area contributed by atoms with Crippen LogP contribution in [0, 0.1) is 0 Å². The second-order valence-corrected chi connectivity index (χ2v) is 10.6. The quantitative estimate of drug-likeness (QED) is 0.443. The molecule has 194 valence electrons. The zero-order valence-electron chi connectivity index (χ0n) is 19.4. The number of anilines is 4. The number of ether oxygens (including phenoxy) is 2. The van der Waals surface area contributed by atoms with Crippen LogP contribution in [0.3, 0.4) is 0 Å². The normalized spacial score (nSPS) is 18.5. The van der Waals surface area contributed by atoms with Crippen LogP contribution in [0.15, 0.2) is 24.4 Å². The lowest BCUT2D eigenvalue weighted by Crippen LogP contribution is -2.28. The van der Waals surface area contributed by atoms with Crippen molar-refractivity contribution in [3.63, 3.8) is 0 Å². The Bertz CT molecular complexity index is 1370. The van der Waals surface area contributed by atoms with Gasteiger partial charge >= 0.3 is 6.18 Å². The molecule has 0 unspecified atom stereocenters. The van der Waals surface area contributed by atoms with Gasteiger partial charge in [-0.1, -0.05) is 0 Å². The number of nitrogens with zero attached hydrogens (tertiary/aromatic N) is 3. The van der Waals surface area contributed by atoms with Crippen molar-refractivity contribution in [3.8, 4) is 5.75 Å². The number of nitrogens with one attached hydrogen (secondary N) is 3. The highest BCUT2D eigenvalue weighted by Crippen LogP contribution is 2.39. The van der Waals surface area contributed by atoms with E-state index in [1.165, 1.54) is 11.4 Å². The summed E-state index contributed by atoms with van der Waals surface area (Å²) in [5.74, 6) is 0.524. The van der Waals surface area contributed by atoms with E-state index in [0.29, 0.717) is 56.1 Å². The Morgan fingerprint density at radius 1 is 1.22 bits per heavy atom. The van der Waals surface area contributed by atoms with E-state index in [-0.39, 0.29) is 34.6 Å². The third kappa shape index (κ3) is 4.74. The van der Waals surface area contributed by atoms with Gasteiger partial charge in [-0.15, -0.1) is 0 Å². The van der Waals surface area contributed by atoms with Crippen molar-refractivity contribution >= 4 is 44.2 Å². The van der Waals surface area contributed by atoms with Gasteiger partial charge in [-0.3, -0.25) is 4.31 Å². The molecule has 0 aliphatic carbocycles. The van der Waals surface area contributed by atoms with E-state index in [1.807, 2.05) is 0 Å². The molecule has 2 fully saturated rings. The van der Waals surface area contributed by atoms with Crippen molar-refractivity contribution in [3.05, 3.63) is 30.0 Å². The summed E-state index contributed by atoms with van der Waals surface area (Å²) in [7, 11) is -1.94. The maximum Gasteiger partial charge on any atom is 0.418 e.